The first-order chi connectivity index (χ1) is 9.58. The van der Waals surface area contributed by atoms with E-state index >= 15 is 0 Å². The second-order valence-electron chi connectivity index (χ2n) is 6.17. The zero-order valence-electron chi connectivity index (χ0n) is 12.6. The molecule has 20 heavy (non-hydrogen) atoms. The molecule has 3 unspecified atom stereocenters. The van der Waals surface area contributed by atoms with Crippen LogP contribution in [-0.4, -0.2) is 29.6 Å². The minimum absolute atomic E-state index is 0.395. The van der Waals surface area contributed by atoms with Crippen LogP contribution in [0.3, 0.4) is 0 Å². The van der Waals surface area contributed by atoms with Crippen LogP contribution in [0, 0.1) is 5.92 Å². The average molecular weight is 296 g/mol. The molecule has 0 heterocycles. The molecule has 0 bridgehead atoms. The van der Waals surface area contributed by atoms with Crippen molar-refractivity contribution in [2.75, 3.05) is 13.6 Å². The van der Waals surface area contributed by atoms with Gasteiger partial charge in [0.25, 0.3) is 0 Å². The molecule has 2 rings (SSSR count). The summed E-state index contributed by atoms with van der Waals surface area (Å²) in [6.45, 7) is 3.30. The number of hydrogen-bond acceptors (Lipinski definition) is 2. The molecule has 0 spiro atoms. The minimum Gasteiger partial charge on any atom is -0.388 e. The van der Waals surface area contributed by atoms with Crippen LogP contribution in [0.2, 0.25) is 5.02 Å². The Morgan fingerprint density at radius 2 is 1.90 bits per heavy atom. The van der Waals surface area contributed by atoms with Gasteiger partial charge in [0.1, 0.15) is 0 Å². The Hall–Kier alpha value is -0.570. The Morgan fingerprint density at radius 3 is 2.55 bits per heavy atom. The van der Waals surface area contributed by atoms with Gasteiger partial charge in [-0.3, -0.25) is 0 Å². The van der Waals surface area contributed by atoms with Crippen molar-refractivity contribution in [3.8, 4) is 0 Å². The lowest BCUT2D eigenvalue weighted by molar-refractivity contribution is 0.103. The van der Waals surface area contributed by atoms with Gasteiger partial charge >= 0.3 is 0 Å². The Kier molecular flexibility index (Phi) is 5.88. The molecule has 3 atom stereocenters. The fourth-order valence-electron chi connectivity index (χ4n) is 3.29. The minimum atomic E-state index is -0.395. The zero-order valence-corrected chi connectivity index (χ0v) is 13.3. The van der Waals surface area contributed by atoms with E-state index in [4.69, 9.17) is 11.6 Å². The van der Waals surface area contributed by atoms with Crippen LogP contribution >= 0.6 is 11.6 Å². The van der Waals surface area contributed by atoms with Crippen LogP contribution in [0.15, 0.2) is 24.3 Å². The molecule has 112 valence electrons. The first kappa shape index (κ1) is 15.8. The second kappa shape index (κ2) is 7.44. The average Bonchev–Trinajstić information content (AvgIpc) is 2.45. The van der Waals surface area contributed by atoms with Crippen LogP contribution < -0.4 is 0 Å². The Balaban J connectivity index is 1.83. The van der Waals surface area contributed by atoms with Gasteiger partial charge in [0.2, 0.25) is 0 Å². The maximum Gasteiger partial charge on any atom is 0.0802 e. The van der Waals surface area contributed by atoms with Crippen molar-refractivity contribution in [1.82, 2.24) is 4.90 Å². The molecule has 1 N–H and O–H groups in total. The number of aliphatic hydroxyl groups excluding tert-OH is 1. The van der Waals surface area contributed by atoms with Crippen molar-refractivity contribution in [2.24, 2.45) is 5.92 Å². The van der Waals surface area contributed by atoms with Crippen molar-refractivity contribution >= 4 is 11.6 Å². The quantitative estimate of drug-likeness (QED) is 0.877. The summed E-state index contributed by atoms with van der Waals surface area (Å²) in [5.41, 5.74) is 0.958. The molecule has 1 saturated carbocycles. The van der Waals surface area contributed by atoms with E-state index in [1.807, 2.05) is 24.3 Å². The van der Waals surface area contributed by atoms with E-state index in [2.05, 4.69) is 18.9 Å². The zero-order chi connectivity index (χ0) is 14.5. The van der Waals surface area contributed by atoms with Crippen molar-refractivity contribution in [3.63, 3.8) is 0 Å². The van der Waals surface area contributed by atoms with Gasteiger partial charge in [-0.05, 0) is 49.9 Å². The number of halogens is 1. The summed E-state index contributed by atoms with van der Waals surface area (Å²) in [4.78, 5) is 2.43. The topological polar surface area (TPSA) is 23.5 Å². The highest BCUT2D eigenvalue weighted by Gasteiger charge is 2.25. The van der Waals surface area contributed by atoms with Gasteiger partial charge in [-0.15, -0.1) is 0 Å². The highest BCUT2D eigenvalue weighted by atomic mass is 35.5. The van der Waals surface area contributed by atoms with E-state index in [0.717, 1.165) is 24.4 Å². The van der Waals surface area contributed by atoms with Crippen LogP contribution in [0.4, 0.5) is 0 Å². The number of aliphatic hydroxyl groups is 1. The summed E-state index contributed by atoms with van der Waals surface area (Å²) in [6, 6.07) is 8.19. The molecular formula is C17H26ClNO. The molecule has 3 heteroatoms. The summed E-state index contributed by atoms with van der Waals surface area (Å²) in [5.74, 6) is 0.779. The molecule has 1 fully saturated rings. The number of nitrogens with zero attached hydrogens (tertiary/aromatic N) is 1. The van der Waals surface area contributed by atoms with Crippen molar-refractivity contribution in [2.45, 2.75) is 51.2 Å². The Labute approximate surface area is 127 Å². The molecule has 1 aromatic carbocycles. The number of rotatable bonds is 5. The van der Waals surface area contributed by atoms with Gasteiger partial charge in [0, 0.05) is 17.6 Å². The van der Waals surface area contributed by atoms with E-state index < -0.39 is 6.10 Å². The van der Waals surface area contributed by atoms with Crippen LogP contribution in [-0.2, 0) is 0 Å². The summed E-state index contributed by atoms with van der Waals surface area (Å²) in [7, 11) is 2.20. The molecule has 0 saturated heterocycles. The fraction of sp³-hybridized carbons (Fsp3) is 0.647. The smallest absolute Gasteiger partial charge is 0.0802 e. The predicted molar refractivity (Wildman–Crippen MR) is 85.1 cm³/mol. The van der Waals surface area contributed by atoms with E-state index in [1.165, 1.54) is 25.7 Å². The van der Waals surface area contributed by atoms with Gasteiger partial charge in [0.05, 0.1) is 6.10 Å². The first-order valence-corrected chi connectivity index (χ1v) is 8.09. The molecule has 1 aliphatic rings. The van der Waals surface area contributed by atoms with Gasteiger partial charge in [-0.1, -0.05) is 43.5 Å². The highest BCUT2D eigenvalue weighted by Crippen LogP contribution is 2.28. The molecule has 0 aromatic heterocycles. The lowest BCUT2D eigenvalue weighted by Gasteiger charge is -2.36. The molecule has 0 radical (unpaired) electrons. The summed E-state index contributed by atoms with van der Waals surface area (Å²) in [5, 5.41) is 11.0. The van der Waals surface area contributed by atoms with Gasteiger partial charge in [-0.25, -0.2) is 0 Å². The van der Waals surface area contributed by atoms with E-state index in [-0.39, 0.29) is 0 Å². The van der Waals surface area contributed by atoms with Gasteiger partial charge in [-0.2, -0.15) is 0 Å². The third-order valence-corrected chi connectivity index (χ3v) is 4.89. The Bertz CT molecular complexity index is 406. The molecule has 0 aliphatic heterocycles. The lowest BCUT2D eigenvalue weighted by atomic mass is 9.85. The lowest BCUT2D eigenvalue weighted by Crippen LogP contribution is -2.39. The summed E-state index contributed by atoms with van der Waals surface area (Å²) < 4.78 is 0. The van der Waals surface area contributed by atoms with E-state index in [1.54, 1.807) is 0 Å². The fourth-order valence-corrected chi connectivity index (χ4v) is 3.42. The standard InChI is InChI=1S/C17H26ClNO/c1-13-5-3-4-6-16(13)19(2)12-11-17(20)14-7-9-15(18)10-8-14/h7-10,13,16-17,20H,3-6,11-12H2,1-2H3. The molecular weight excluding hydrogens is 270 g/mol. The van der Waals surface area contributed by atoms with Gasteiger partial charge in [0.15, 0.2) is 0 Å². The third-order valence-electron chi connectivity index (χ3n) is 4.64. The predicted octanol–water partition coefficient (Wildman–Crippen LogP) is 4.27. The maximum absolute atomic E-state index is 10.3. The normalized spacial score (nSPS) is 24.9. The third kappa shape index (κ3) is 4.21. The van der Waals surface area contributed by atoms with Crippen LogP contribution in [0.25, 0.3) is 0 Å². The van der Waals surface area contributed by atoms with Crippen molar-refractivity contribution in [3.05, 3.63) is 34.9 Å². The molecule has 2 nitrogen and oxygen atoms in total. The van der Waals surface area contributed by atoms with Crippen LogP contribution in [0.1, 0.15) is 50.7 Å². The highest BCUT2D eigenvalue weighted by molar-refractivity contribution is 6.30. The summed E-state index contributed by atoms with van der Waals surface area (Å²) >= 11 is 5.87. The van der Waals surface area contributed by atoms with Gasteiger partial charge < -0.3 is 10.0 Å². The molecule has 0 amide bonds. The SMILES string of the molecule is CC1CCCCC1N(C)CCC(O)c1ccc(Cl)cc1. The van der Waals surface area contributed by atoms with Crippen LogP contribution in [0.5, 0.6) is 0 Å². The van der Waals surface area contributed by atoms with E-state index in [0.29, 0.717) is 11.1 Å². The second-order valence-corrected chi connectivity index (χ2v) is 6.60. The van der Waals surface area contributed by atoms with Crippen molar-refractivity contribution < 1.29 is 5.11 Å². The number of hydrogen-bond donors (Lipinski definition) is 1. The largest absolute Gasteiger partial charge is 0.388 e. The van der Waals surface area contributed by atoms with Crippen molar-refractivity contribution in [1.29, 1.82) is 0 Å². The monoisotopic (exact) mass is 295 g/mol. The first-order valence-electron chi connectivity index (χ1n) is 7.71. The molecule has 1 aliphatic carbocycles. The van der Waals surface area contributed by atoms with E-state index in [9.17, 15) is 5.11 Å². The number of benzene rings is 1. The summed E-state index contributed by atoms with van der Waals surface area (Å²) in [6.07, 6.45) is 5.75. The maximum atomic E-state index is 10.3. The molecule has 1 aromatic rings. The Morgan fingerprint density at radius 1 is 1.25 bits per heavy atom.